The third-order valence-electron chi connectivity index (χ3n) is 4.18. The van der Waals surface area contributed by atoms with Crippen LogP contribution in [-0.4, -0.2) is 41.1 Å². The van der Waals surface area contributed by atoms with Crippen LogP contribution in [0.15, 0.2) is 42.5 Å². The number of aliphatic carboxylic acids is 1. The van der Waals surface area contributed by atoms with Crippen LogP contribution in [0.4, 0.5) is 13.2 Å². The van der Waals surface area contributed by atoms with E-state index in [0.717, 1.165) is 36.6 Å². The number of carbonyl (C=O) groups is 2. The van der Waals surface area contributed by atoms with E-state index in [1.54, 1.807) is 0 Å². The largest absolute Gasteiger partial charge is 0.490 e. The van der Waals surface area contributed by atoms with E-state index in [1.807, 2.05) is 55.1 Å². The molecule has 1 aliphatic rings. The van der Waals surface area contributed by atoms with E-state index < -0.39 is 12.1 Å². The summed E-state index contributed by atoms with van der Waals surface area (Å²) in [4.78, 5) is 23.1. The molecule has 1 N–H and O–H groups in total. The number of hydrogen-bond donors (Lipinski definition) is 1. The highest BCUT2D eigenvalue weighted by atomic mass is 19.4. The number of hydrogen-bond acceptors (Lipinski definition) is 3. The van der Waals surface area contributed by atoms with Crippen molar-refractivity contribution < 1.29 is 32.6 Å². The monoisotopic (exact) mass is 395 g/mol. The third kappa shape index (κ3) is 5.03. The summed E-state index contributed by atoms with van der Waals surface area (Å²) in [7, 11) is 0. The summed E-state index contributed by atoms with van der Waals surface area (Å²) in [6.07, 6.45) is -4.23. The van der Waals surface area contributed by atoms with Gasteiger partial charge in [-0.05, 0) is 43.2 Å². The quantitative estimate of drug-likeness (QED) is 0.709. The number of para-hydroxylation sites is 1. The van der Waals surface area contributed by atoms with Crippen LogP contribution in [0.1, 0.15) is 35.3 Å². The lowest BCUT2D eigenvalue weighted by atomic mass is 9.99. The Morgan fingerprint density at radius 2 is 1.61 bits per heavy atom. The summed E-state index contributed by atoms with van der Waals surface area (Å²) in [6, 6.07) is 13.8. The molecule has 0 radical (unpaired) electrons. The average Bonchev–Trinajstić information content (AvgIpc) is 2.66. The average molecular weight is 395 g/mol. The molecule has 1 aliphatic heterocycles. The first-order valence-corrected chi connectivity index (χ1v) is 8.65. The smallest absolute Gasteiger partial charge is 0.475 e. The predicted molar refractivity (Wildman–Crippen MR) is 96.7 cm³/mol. The Bertz CT molecular complexity index is 861. The van der Waals surface area contributed by atoms with Crippen LogP contribution >= 0.6 is 0 Å². The molecule has 2 aromatic carbocycles. The maximum atomic E-state index is 12.4. The van der Waals surface area contributed by atoms with Gasteiger partial charge in [-0.3, -0.25) is 4.79 Å². The van der Waals surface area contributed by atoms with Gasteiger partial charge in [0.1, 0.15) is 11.5 Å². The van der Waals surface area contributed by atoms with Crippen LogP contribution in [0.25, 0.3) is 0 Å². The maximum Gasteiger partial charge on any atom is 0.490 e. The molecule has 0 spiro atoms. The van der Waals surface area contributed by atoms with Crippen LogP contribution in [-0.2, 0) is 11.2 Å². The highest BCUT2D eigenvalue weighted by Gasteiger charge is 2.38. The van der Waals surface area contributed by atoms with E-state index in [9.17, 15) is 18.0 Å². The lowest BCUT2D eigenvalue weighted by Crippen LogP contribution is -2.30. The zero-order valence-corrected chi connectivity index (χ0v) is 15.4. The molecule has 0 atom stereocenters. The summed E-state index contributed by atoms with van der Waals surface area (Å²) >= 11 is 0. The molecule has 0 aromatic heterocycles. The van der Waals surface area contributed by atoms with Crippen molar-refractivity contribution in [3.8, 4) is 11.5 Å². The van der Waals surface area contributed by atoms with Crippen molar-refractivity contribution in [2.75, 3.05) is 13.1 Å². The first-order valence-electron chi connectivity index (χ1n) is 8.65. The Labute approximate surface area is 160 Å². The van der Waals surface area contributed by atoms with Gasteiger partial charge in [-0.25, -0.2) is 4.79 Å². The van der Waals surface area contributed by atoms with E-state index in [-0.39, 0.29) is 5.91 Å². The highest BCUT2D eigenvalue weighted by Crippen LogP contribution is 2.36. The van der Waals surface area contributed by atoms with Crippen LogP contribution < -0.4 is 4.74 Å². The van der Waals surface area contributed by atoms with Crippen LogP contribution in [0.2, 0.25) is 0 Å². The molecular formula is C20H20F3NO4. The van der Waals surface area contributed by atoms with Crippen LogP contribution in [0, 0.1) is 0 Å². The molecular weight excluding hydrogens is 375 g/mol. The molecule has 5 nitrogen and oxygen atoms in total. The highest BCUT2D eigenvalue weighted by molar-refractivity contribution is 5.94. The topological polar surface area (TPSA) is 66.8 Å². The van der Waals surface area contributed by atoms with Gasteiger partial charge in [0.2, 0.25) is 0 Å². The SMILES string of the molecule is CCN(CC)C(=O)c1ccc2c(c1)Oc1ccccc1C2.O=C(O)C(F)(F)F. The summed E-state index contributed by atoms with van der Waals surface area (Å²) in [5, 5.41) is 7.12. The van der Waals surface area contributed by atoms with Gasteiger partial charge in [-0.1, -0.05) is 24.3 Å². The number of benzene rings is 2. The normalized spacial score (nSPS) is 11.9. The molecule has 1 heterocycles. The van der Waals surface area contributed by atoms with Gasteiger partial charge in [-0.15, -0.1) is 0 Å². The number of fused-ring (bicyclic) bond motifs is 2. The zero-order valence-electron chi connectivity index (χ0n) is 15.4. The van der Waals surface area contributed by atoms with Gasteiger partial charge >= 0.3 is 12.1 Å². The lowest BCUT2D eigenvalue weighted by Gasteiger charge is -2.22. The van der Waals surface area contributed by atoms with Crippen molar-refractivity contribution in [3.05, 3.63) is 59.2 Å². The van der Waals surface area contributed by atoms with Crippen molar-refractivity contribution in [2.45, 2.75) is 26.4 Å². The number of amides is 1. The minimum absolute atomic E-state index is 0.0604. The Balaban J connectivity index is 0.000000345. The van der Waals surface area contributed by atoms with Crippen molar-refractivity contribution in [1.82, 2.24) is 4.90 Å². The Morgan fingerprint density at radius 1 is 1.04 bits per heavy atom. The number of alkyl halides is 3. The molecule has 1 amide bonds. The van der Waals surface area contributed by atoms with Crippen LogP contribution in [0.5, 0.6) is 11.5 Å². The summed E-state index contributed by atoms with van der Waals surface area (Å²) < 4.78 is 37.7. The first kappa shape index (κ1) is 21.3. The molecule has 0 unspecified atom stereocenters. The van der Waals surface area contributed by atoms with Crippen molar-refractivity contribution in [2.24, 2.45) is 0 Å². The first-order chi connectivity index (χ1) is 13.2. The minimum Gasteiger partial charge on any atom is -0.475 e. The number of ether oxygens (including phenoxy) is 1. The maximum absolute atomic E-state index is 12.4. The van der Waals surface area contributed by atoms with Gasteiger partial charge in [0, 0.05) is 25.1 Å². The third-order valence-corrected chi connectivity index (χ3v) is 4.18. The Hall–Kier alpha value is -3.03. The summed E-state index contributed by atoms with van der Waals surface area (Å²) in [6.45, 7) is 5.42. The molecule has 3 rings (SSSR count). The van der Waals surface area contributed by atoms with E-state index in [1.165, 1.54) is 5.56 Å². The lowest BCUT2D eigenvalue weighted by molar-refractivity contribution is -0.192. The Morgan fingerprint density at radius 3 is 2.18 bits per heavy atom. The molecule has 2 aromatic rings. The van der Waals surface area contributed by atoms with E-state index in [2.05, 4.69) is 6.07 Å². The number of carbonyl (C=O) groups excluding carboxylic acids is 1. The van der Waals surface area contributed by atoms with Gasteiger partial charge in [-0.2, -0.15) is 13.2 Å². The number of rotatable bonds is 3. The van der Waals surface area contributed by atoms with Crippen LogP contribution in [0.3, 0.4) is 0 Å². The molecule has 0 saturated carbocycles. The number of carboxylic acids is 1. The zero-order chi connectivity index (χ0) is 20.9. The molecule has 0 aliphatic carbocycles. The van der Waals surface area contributed by atoms with Gasteiger partial charge in [0.25, 0.3) is 5.91 Å². The van der Waals surface area contributed by atoms with Crippen molar-refractivity contribution >= 4 is 11.9 Å². The second kappa shape index (κ2) is 8.77. The molecule has 0 bridgehead atoms. The number of halogens is 3. The minimum atomic E-state index is -5.08. The molecule has 0 saturated heterocycles. The van der Waals surface area contributed by atoms with Gasteiger partial charge in [0.15, 0.2) is 0 Å². The fourth-order valence-electron chi connectivity index (χ4n) is 2.70. The van der Waals surface area contributed by atoms with E-state index in [0.29, 0.717) is 5.56 Å². The second-order valence-electron chi connectivity index (χ2n) is 5.99. The van der Waals surface area contributed by atoms with Gasteiger partial charge in [0.05, 0.1) is 0 Å². The fourth-order valence-corrected chi connectivity index (χ4v) is 2.70. The van der Waals surface area contributed by atoms with Crippen molar-refractivity contribution in [3.63, 3.8) is 0 Å². The standard InChI is InChI=1S/C18H19NO2.C2HF3O2/c1-3-19(4-2)18(20)15-10-9-14-11-13-7-5-6-8-16(13)21-17(14)12-15;3-2(4,5)1(6)7/h5-10,12H,3-4,11H2,1-2H3;(H,6,7). The molecule has 28 heavy (non-hydrogen) atoms. The summed E-state index contributed by atoms with van der Waals surface area (Å²) in [5.74, 6) is -1.01. The Kier molecular flexibility index (Phi) is 6.66. The molecule has 0 fully saturated rings. The second-order valence-corrected chi connectivity index (χ2v) is 5.99. The van der Waals surface area contributed by atoms with E-state index >= 15 is 0 Å². The number of carboxylic acid groups (broad SMARTS) is 1. The van der Waals surface area contributed by atoms with Gasteiger partial charge < -0.3 is 14.7 Å². The molecule has 8 heteroatoms. The number of nitrogens with zero attached hydrogens (tertiary/aromatic N) is 1. The summed E-state index contributed by atoms with van der Waals surface area (Å²) in [5.41, 5.74) is 3.01. The van der Waals surface area contributed by atoms with E-state index in [4.69, 9.17) is 14.6 Å². The fraction of sp³-hybridized carbons (Fsp3) is 0.300. The molecule has 150 valence electrons. The predicted octanol–water partition coefficient (Wildman–Crippen LogP) is 4.50. The van der Waals surface area contributed by atoms with Crippen molar-refractivity contribution in [1.29, 1.82) is 0 Å².